The van der Waals surface area contributed by atoms with E-state index in [1.165, 1.54) is 141 Å². The standard InChI is InChI=1S/2C50H34N2S/c1-4-13-35(14-5-1)37-23-29-41(30-24-37)51(42-31-25-38(26-32-42)36-15-6-2-7-16-36)43-33-27-39(28-34-43)44-20-12-21-46-48-50(53-49(44)46)45-19-10-11-22-47(45)52(48)40-17-8-3-9-18-40;1-4-13-35(14-5-1)36-23-25-37(26-24-36)38-27-31-42(32-28-38)51(40-15-6-2-7-16-40)43-33-29-39(30-34-43)44-20-12-21-46-48-50(53-49(44)46)45-19-10-11-22-47(45)52(48)41-17-8-3-9-18-41/h2*1-34H. The second-order valence-corrected chi connectivity index (χ2v) is 28.8. The Bertz CT molecular complexity index is 6390. The highest BCUT2D eigenvalue weighted by Gasteiger charge is 2.23. The maximum Gasteiger partial charge on any atom is 0.0727 e. The van der Waals surface area contributed by atoms with Gasteiger partial charge in [0, 0.05) is 76.4 Å². The summed E-state index contributed by atoms with van der Waals surface area (Å²) < 4.78 is 10.1. The van der Waals surface area contributed by atoms with Gasteiger partial charge >= 0.3 is 0 Å². The van der Waals surface area contributed by atoms with Crippen molar-refractivity contribution in [2.45, 2.75) is 0 Å². The highest BCUT2D eigenvalue weighted by atomic mass is 32.1. The molecule has 0 fully saturated rings. The zero-order valence-corrected chi connectivity index (χ0v) is 59.5. The van der Waals surface area contributed by atoms with Crippen molar-refractivity contribution in [2.75, 3.05) is 9.80 Å². The van der Waals surface area contributed by atoms with Crippen LogP contribution in [0.2, 0.25) is 0 Å². The van der Waals surface area contributed by atoms with E-state index in [0.717, 1.165) is 34.1 Å². The Hall–Kier alpha value is -13.4. The number of aromatic nitrogens is 2. The van der Waals surface area contributed by atoms with Gasteiger partial charge in [0.1, 0.15) is 0 Å². The van der Waals surface area contributed by atoms with Crippen LogP contribution in [0.1, 0.15) is 0 Å². The van der Waals surface area contributed by atoms with Gasteiger partial charge in [-0.3, -0.25) is 0 Å². The number of para-hydroxylation sites is 5. The van der Waals surface area contributed by atoms with E-state index in [0.29, 0.717) is 0 Å². The van der Waals surface area contributed by atoms with Gasteiger partial charge in [-0.2, -0.15) is 0 Å². The molecule has 4 aromatic heterocycles. The molecular weight excluding hydrogens is 1320 g/mol. The highest BCUT2D eigenvalue weighted by Crippen LogP contribution is 2.49. The van der Waals surface area contributed by atoms with Crippen molar-refractivity contribution in [1.82, 2.24) is 9.13 Å². The molecule has 0 N–H and O–H groups in total. The van der Waals surface area contributed by atoms with Crippen molar-refractivity contribution in [3.63, 3.8) is 0 Å². The van der Waals surface area contributed by atoms with Crippen LogP contribution in [0.4, 0.5) is 34.1 Å². The van der Waals surface area contributed by atoms with Crippen molar-refractivity contribution < 1.29 is 0 Å². The molecular formula is C100H68N4S2. The molecule has 20 rings (SSSR count). The number of fused-ring (bicyclic) bond motifs is 10. The van der Waals surface area contributed by atoms with Crippen LogP contribution in [-0.2, 0) is 0 Å². The Balaban J connectivity index is 0.000000145. The minimum atomic E-state index is 1.11. The van der Waals surface area contributed by atoms with Crippen molar-refractivity contribution in [2.24, 2.45) is 0 Å². The topological polar surface area (TPSA) is 16.3 Å². The summed E-state index contributed by atoms with van der Waals surface area (Å²) in [6.07, 6.45) is 0. The molecule has 0 unspecified atom stereocenters. The predicted molar refractivity (Wildman–Crippen MR) is 454 cm³/mol. The van der Waals surface area contributed by atoms with E-state index in [1.54, 1.807) is 0 Å². The van der Waals surface area contributed by atoms with Gasteiger partial charge in [-0.05, 0) is 176 Å². The predicted octanol–water partition coefficient (Wildman–Crippen LogP) is 28.9. The minimum Gasteiger partial charge on any atom is -0.311 e. The van der Waals surface area contributed by atoms with E-state index < -0.39 is 0 Å². The van der Waals surface area contributed by atoms with Gasteiger partial charge in [-0.15, -0.1) is 22.7 Å². The summed E-state index contributed by atoms with van der Waals surface area (Å²) in [5.74, 6) is 0. The van der Waals surface area contributed by atoms with Crippen LogP contribution in [0.25, 0.3) is 141 Å². The van der Waals surface area contributed by atoms with Crippen molar-refractivity contribution in [1.29, 1.82) is 0 Å². The van der Waals surface area contributed by atoms with Gasteiger partial charge in [0.15, 0.2) is 0 Å². The summed E-state index contributed by atoms with van der Waals surface area (Å²) in [7, 11) is 0. The van der Waals surface area contributed by atoms with Crippen LogP contribution in [-0.4, -0.2) is 9.13 Å². The van der Waals surface area contributed by atoms with Crippen LogP contribution in [0.3, 0.4) is 0 Å². The Morgan fingerprint density at radius 2 is 0.406 bits per heavy atom. The van der Waals surface area contributed by atoms with Gasteiger partial charge in [-0.1, -0.05) is 303 Å². The molecule has 0 amide bonds. The van der Waals surface area contributed by atoms with Gasteiger partial charge in [0.25, 0.3) is 0 Å². The van der Waals surface area contributed by atoms with E-state index in [1.807, 2.05) is 22.7 Å². The van der Waals surface area contributed by atoms with Crippen molar-refractivity contribution >= 4 is 119 Å². The molecule has 0 radical (unpaired) electrons. The Kier molecular flexibility index (Phi) is 16.7. The third kappa shape index (κ3) is 11.8. The number of anilines is 6. The Morgan fingerprint density at radius 1 is 0.170 bits per heavy atom. The molecule has 4 nitrogen and oxygen atoms in total. The highest BCUT2D eigenvalue weighted by molar-refractivity contribution is 7.27. The third-order valence-electron chi connectivity index (χ3n) is 20.4. The molecule has 0 aliphatic carbocycles. The lowest BCUT2D eigenvalue weighted by Gasteiger charge is -2.26. The normalized spacial score (nSPS) is 11.4. The zero-order valence-electron chi connectivity index (χ0n) is 57.9. The van der Waals surface area contributed by atoms with E-state index in [-0.39, 0.29) is 0 Å². The summed E-state index contributed by atoms with van der Waals surface area (Å²) in [5, 5.41) is 5.15. The summed E-state index contributed by atoms with van der Waals surface area (Å²) >= 11 is 3.80. The SMILES string of the molecule is c1ccc(-c2ccc(-c3ccc(N(c4ccccc4)c4ccc(-c5cccc6c5sc5c7ccccc7n(-c7ccccc7)c65)cc4)cc3)cc2)cc1.c1ccc(-c2ccc(N(c3ccc(-c4ccccc4)cc3)c3ccc(-c4cccc5c4sc4c6ccccc6n(-c6ccccc6)c54)cc3)cc2)cc1. The summed E-state index contributed by atoms with van der Waals surface area (Å²) in [6, 6.07) is 149. The maximum absolute atomic E-state index is 2.43. The second-order valence-electron chi connectivity index (χ2n) is 26.7. The van der Waals surface area contributed by atoms with E-state index in [2.05, 4.69) is 431 Å². The number of thiophene rings is 2. The van der Waals surface area contributed by atoms with Crippen LogP contribution < -0.4 is 9.80 Å². The molecule has 20 aromatic rings. The van der Waals surface area contributed by atoms with E-state index in [9.17, 15) is 0 Å². The largest absolute Gasteiger partial charge is 0.311 e. The number of hydrogen-bond donors (Lipinski definition) is 0. The summed E-state index contributed by atoms with van der Waals surface area (Å²) in [6.45, 7) is 0. The third-order valence-corrected chi connectivity index (χ3v) is 23.0. The fraction of sp³-hybridized carbons (Fsp3) is 0. The lowest BCUT2D eigenvalue weighted by Crippen LogP contribution is -2.09. The molecule has 4 heterocycles. The van der Waals surface area contributed by atoms with Crippen molar-refractivity contribution in [3.8, 4) is 78.1 Å². The lowest BCUT2D eigenvalue weighted by molar-refractivity contribution is 1.19. The second kappa shape index (κ2) is 27.8. The molecule has 0 aliphatic rings. The number of benzene rings is 16. The average molecular weight is 1390 g/mol. The average Bonchev–Trinajstić information content (AvgIpc) is 1.57. The Morgan fingerprint density at radius 3 is 0.726 bits per heavy atom. The van der Waals surface area contributed by atoms with Crippen LogP contribution in [0.15, 0.2) is 413 Å². The molecule has 0 saturated carbocycles. The minimum absolute atomic E-state index is 1.11. The number of nitrogens with zero attached hydrogens (tertiary/aromatic N) is 4. The monoisotopic (exact) mass is 1390 g/mol. The molecule has 0 atom stereocenters. The molecule has 0 bridgehead atoms. The first kappa shape index (κ1) is 63.6. The fourth-order valence-electron chi connectivity index (χ4n) is 15.3. The zero-order chi connectivity index (χ0) is 70.3. The first-order chi connectivity index (χ1) is 52.6. The van der Waals surface area contributed by atoms with E-state index in [4.69, 9.17) is 0 Å². The van der Waals surface area contributed by atoms with Gasteiger partial charge in [0.05, 0.1) is 31.5 Å². The molecule has 0 aliphatic heterocycles. The molecule has 0 spiro atoms. The lowest BCUT2D eigenvalue weighted by atomic mass is 10.00. The number of hydrogen-bond acceptors (Lipinski definition) is 4. The van der Waals surface area contributed by atoms with Crippen LogP contribution in [0.5, 0.6) is 0 Å². The first-order valence-electron chi connectivity index (χ1n) is 36.0. The van der Waals surface area contributed by atoms with Gasteiger partial charge in [-0.25, -0.2) is 0 Å². The van der Waals surface area contributed by atoms with Crippen LogP contribution in [0, 0.1) is 0 Å². The van der Waals surface area contributed by atoms with Crippen molar-refractivity contribution in [3.05, 3.63) is 413 Å². The Labute approximate surface area is 624 Å². The number of rotatable bonds is 14. The maximum atomic E-state index is 2.43. The molecule has 106 heavy (non-hydrogen) atoms. The first-order valence-corrected chi connectivity index (χ1v) is 37.7. The fourth-order valence-corrected chi connectivity index (χ4v) is 18.0. The quantitative estimate of drug-likeness (QED) is 0.108. The van der Waals surface area contributed by atoms with E-state index >= 15 is 0 Å². The van der Waals surface area contributed by atoms with Gasteiger partial charge in [0.2, 0.25) is 0 Å². The summed E-state index contributed by atoms with van der Waals surface area (Å²) in [5.41, 5.74) is 28.7. The smallest absolute Gasteiger partial charge is 0.0727 e. The molecule has 6 heteroatoms. The molecule has 16 aromatic carbocycles. The molecule has 0 saturated heterocycles. The summed E-state index contributed by atoms with van der Waals surface area (Å²) in [4.78, 5) is 4.68. The van der Waals surface area contributed by atoms with Gasteiger partial charge < -0.3 is 18.9 Å². The van der Waals surface area contributed by atoms with Crippen LogP contribution >= 0.6 is 22.7 Å². The molecule has 500 valence electrons.